The minimum Gasteiger partial charge on any atom is -0.479 e. The number of benzene rings is 2. The number of nitrogens with zero attached hydrogens (tertiary/aromatic N) is 6. The van der Waals surface area contributed by atoms with Crippen LogP contribution in [0, 0.1) is 0 Å². The van der Waals surface area contributed by atoms with Crippen molar-refractivity contribution in [2.75, 3.05) is 0 Å². The maximum absolute atomic E-state index is 13.5. The summed E-state index contributed by atoms with van der Waals surface area (Å²) >= 11 is 0. The maximum atomic E-state index is 13.5. The van der Waals surface area contributed by atoms with Gasteiger partial charge in [-0.25, -0.2) is 4.79 Å². The second-order valence-corrected chi connectivity index (χ2v) is 11.7. The van der Waals surface area contributed by atoms with E-state index in [2.05, 4.69) is 22.3 Å². The average molecular weight is 605 g/mol. The van der Waals surface area contributed by atoms with E-state index >= 15 is 0 Å². The van der Waals surface area contributed by atoms with Crippen LogP contribution in [0.25, 0.3) is 22.5 Å². The monoisotopic (exact) mass is 604 g/mol. The molecule has 2 fully saturated rings. The van der Waals surface area contributed by atoms with Gasteiger partial charge in [0.1, 0.15) is 29.7 Å². The number of carboxylic acid groups (broad SMARTS) is 1. The molecule has 1 aromatic heterocycles. The summed E-state index contributed by atoms with van der Waals surface area (Å²) in [5.41, 5.74) is 2.71. The van der Waals surface area contributed by atoms with Crippen LogP contribution in [0.4, 0.5) is 0 Å². The molecule has 232 valence electrons. The van der Waals surface area contributed by atoms with Crippen molar-refractivity contribution in [2.45, 2.75) is 94.6 Å². The van der Waals surface area contributed by atoms with Gasteiger partial charge in [0.15, 0.2) is 6.10 Å². The molecule has 2 aromatic carbocycles. The Hall–Kier alpha value is -4.04. The molecule has 2 aliphatic heterocycles. The molecule has 4 N–H and O–H groups in total. The molecule has 3 aromatic rings. The fourth-order valence-electron chi connectivity index (χ4n) is 6.30. The summed E-state index contributed by atoms with van der Waals surface area (Å²) in [5, 5.41) is 52.4. The van der Waals surface area contributed by atoms with Crippen LogP contribution in [0.3, 0.4) is 0 Å². The van der Waals surface area contributed by atoms with Gasteiger partial charge in [0.25, 0.3) is 5.91 Å². The van der Waals surface area contributed by atoms with Gasteiger partial charge in [-0.15, -0.1) is 15.0 Å². The Morgan fingerprint density at radius 1 is 1.00 bits per heavy atom. The molecule has 3 aliphatic rings. The van der Waals surface area contributed by atoms with Crippen LogP contribution >= 0.6 is 0 Å². The summed E-state index contributed by atoms with van der Waals surface area (Å²) in [6, 6.07) is 15.3. The zero-order chi connectivity index (χ0) is 31.0. The molecule has 1 aliphatic carbocycles. The van der Waals surface area contributed by atoms with Crippen molar-refractivity contribution in [1.82, 2.24) is 25.1 Å². The molecule has 0 radical (unpaired) electrons. The van der Waals surface area contributed by atoms with E-state index in [9.17, 15) is 30.0 Å². The highest BCUT2D eigenvalue weighted by atomic mass is 16.6. The van der Waals surface area contributed by atoms with Crippen LogP contribution < -0.4 is 0 Å². The van der Waals surface area contributed by atoms with E-state index < -0.39 is 42.2 Å². The fourth-order valence-corrected chi connectivity index (χ4v) is 6.30. The van der Waals surface area contributed by atoms with Gasteiger partial charge in [0.2, 0.25) is 12.1 Å². The van der Waals surface area contributed by atoms with Gasteiger partial charge < -0.3 is 25.2 Å². The van der Waals surface area contributed by atoms with Crippen molar-refractivity contribution in [3.63, 3.8) is 0 Å². The number of carbonyl (C=O) groups is 2. The molecule has 3 heterocycles. The number of tetrazole rings is 1. The van der Waals surface area contributed by atoms with E-state index in [0.29, 0.717) is 12.1 Å². The van der Waals surface area contributed by atoms with Crippen molar-refractivity contribution in [3.05, 3.63) is 54.1 Å². The van der Waals surface area contributed by atoms with E-state index in [-0.39, 0.29) is 11.7 Å². The molecule has 44 heavy (non-hydrogen) atoms. The van der Waals surface area contributed by atoms with Gasteiger partial charge in [-0.3, -0.25) is 14.7 Å². The second-order valence-electron chi connectivity index (χ2n) is 11.7. The van der Waals surface area contributed by atoms with Gasteiger partial charge in [0, 0.05) is 12.0 Å². The highest BCUT2D eigenvalue weighted by Crippen LogP contribution is 2.40. The Bertz CT molecular complexity index is 1550. The standard InChI is InChI=1S/C31H36N6O7/c1-2-3-10-22-32-31(15-6-7-16-31)30(43)36(22)17-18-11-13-19(14-12-18)20-8-4-5-9-21(20)27-33-35-37(34-27)28-25(40)23(38)24(39)26(44-28)29(41)42/h4-5,8-9,11-14,23-26,28,38-40H,2-3,6-7,10,15-17H2,1H3,(H,41,42)/t23-,24-,25+,26-,28?/m0/s1. The molecule has 6 rings (SSSR count). The maximum Gasteiger partial charge on any atom is 0.335 e. The van der Waals surface area contributed by atoms with E-state index in [1.807, 2.05) is 53.4 Å². The van der Waals surface area contributed by atoms with E-state index in [4.69, 9.17) is 9.73 Å². The molecule has 1 spiro atoms. The number of aromatic nitrogens is 4. The SMILES string of the molecule is CCCCC1=NC2(CCCC2)C(=O)N1Cc1ccc(-c2ccccc2-c2nnn(C3O[C@H](C(=O)O)[C@@H](O)[C@H](O)[C@H]3O)n2)cc1. The molecule has 1 unspecified atom stereocenters. The molecule has 5 atom stereocenters. The number of amides is 1. The first-order valence-corrected chi connectivity index (χ1v) is 15.0. The Morgan fingerprint density at radius 2 is 1.70 bits per heavy atom. The van der Waals surface area contributed by atoms with Crippen molar-refractivity contribution >= 4 is 17.7 Å². The zero-order valence-corrected chi connectivity index (χ0v) is 24.4. The Kier molecular flexibility index (Phi) is 8.29. The van der Waals surface area contributed by atoms with Crippen molar-refractivity contribution in [2.24, 2.45) is 4.99 Å². The van der Waals surface area contributed by atoms with Gasteiger partial charge >= 0.3 is 5.97 Å². The number of aliphatic hydroxyl groups is 3. The number of carboxylic acids is 1. The highest BCUT2D eigenvalue weighted by molar-refractivity contribution is 6.08. The van der Waals surface area contributed by atoms with E-state index in [1.54, 1.807) is 0 Å². The third-order valence-corrected chi connectivity index (χ3v) is 8.74. The Morgan fingerprint density at radius 3 is 2.39 bits per heavy atom. The molecule has 1 amide bonds. The molecule has 13 heteroatoms. The molecule has 1 saturated carbocycles. The molecule has 13 nitrogen and oxygen atoms in total. The minimum atomic E-state index is -1.83. The molecule has 1 saturated heterocycles. The molecule has 0 bridgehead atoms. The quantitative estimate of drug-likeness (QED) is 0.283. The van der Waals surface area contributed by atoms with Crippen LogP contribution in [-0.2, 0) is 20.9 Å². The summed E-state index contributed by atoms with van der Waals surface area (Å²) in [6.45, 7) is 2.60. The predicted octanol–water partition coefficient (Wildman–Crippen LogP) is 2.32. The van der Waals surface area contributed by atoms with Crippen LogP contribution in [0.1, 0.15) is 63.7 Å². The van der Waals surface area contributed by atoms with Crippen molar-refractivity contribution in [3.8, 4) is 22.5 Å². The lowest BCUT2D eigenvalue weighted by molar-refractivity contribution is -0.251. The first-order chi connectivity index (χ1) is 21.2. The topological polar surface area (TPSA) is 183 Å². The third kappa shape index (κ3) is 5.40. The number of rotatable bonds is 9. The van der Waals surface area contributed by atoms with Crippen LogP contribution in [-0.4, -0.2) is 93.2 Å². The first-order valence-electron chi connectivity index (χ1n) is 15.0. The van der Waals surface area contributed by atoms with Crippen molar-refractivity contribution < 1.29 is 34.8 Å². The van der Waals surface area contributed by atoms with Gasteiger partial charge in [-0.2, -0.15) is 0 Å². The van der Waals surface area contributed by atoms with Crippen LogP contribution in [0.5, 0.6) is 0 Å². The lowest BCUT2D eigenvalue weighted by atomic mass is 9.97. The summed E-state index contributed by atoms with van der Waals surface area (Å²) in [4.78, 5) is 32.8. The van der Waals surface area contributed by atoms with Gasteiger partial charge in [-0.05, 0) is 41.2 Å². The first kappa shape index (κ1) is 30.0. The van der Waals surface area contributed by atoms with Gasteiger partial charge in [-0.1, -0.05) is 74.7 Å². The summed E-state index contributed by atoms with van der Waals surface area (Å²) in [6.07, 6.45) is -2.05. The fraction of sp³-hybridized carbons (Fsp3) is 0.484. The number of ether oxygens (including phenoxy) is 1. The number of hydrogen-bond acceptors (Lipinski definition) is 10. The Labute approximate surface area is 253 Å². The predicted molar refractivity (Wildman–Crippen MR) is 157 cm³/mol. The number of hydrogen-bond donors (Lipinski definition) is 4. The molecular formula is C31H36N6O7. The Balaban J connectivity index is 1.22. The number of unbranched alkanes of at least 4 members (excludes halogenated alkanes) is 1. The summed E-state index contributed by atoms with van der Waals surface area (Å²) in [5.74, 6) is -0.298. The summed E-state index contributed by atoms with van der Waals surface area (Å²) < 4.78 is 5.33. The van der Waals surface area contributed by atoms with Gasteiger partial charge in [0.05, 0.1) is 6.54 Å². The lowest BCUT2D eigenvalue weighted by Crippen LogP contribution is -2.58. The van der Waals surface area contributed by atoms with Crippen molar-refractivity contribution in [1.29, 1.82) is 0 Å². The smallest absolute Gasteiger partial charge is 0.335 e. The number of aliphatic imine (C=N–C) groups is 1. The zero-order valence-electron chi connectivity index (χ0n) is 24.4. The third-order valence-electron chi connectivity index (χ3n) is 8.74. The lowest BCUT2D eigenvalue weighted by Gasteiger charge is -2.37. The second kappa shape index (κ2) is 12.2. The van der Waals surface area contributed by atoms with Crippen LogP contribution in [0.2, 0.25) is 0 Å². The summed E-state index contributed by atoms with van der Waals surface area (Å²) in [7, 11) is 0. The van der Waals surface area contributed by atoms with E-state index in [1.165, 1.54) is 0 Å². The largest absolute Gasteiger partial charge is 0.479 e. The average Bonchev–Trinajstić information content (AvgIpc) is 3.77. The highest BCUT2D eigenvalue weighted by Gasteiger charge is 2.50. The number of aliphatic hydroxyl groups excluding tert-OH is 3. The van der Waals surface area contributed by atoms with Crippen LogP contribution in [0.15, 0.2) is 53.5 Å². The minimum absolute atomic E-state index is 0.119. The van der Waals surface area contributed by atoms with E-state index in [0.717, 1.165) is 72.3 Å². The number of amidine groups is 1. The number of carbonyl (C=O) groups excluding carboxylic acids is 1. The normalized spacial score (nSPS) is 26.4. The number of aliphatic carboxylic acids is 1. The molecular weight excluding hydrogens is 568 g/mol.